The molecular weight excluding hydrogens is 314 g/mol. The van der Waals surface area contributed by atoms with Crippen molar-refractivity contribution in [2.45, 2.75) is 25.8 Å². The number of carbonyl (C=O) groups is 1. The lowest BCUT2D eigenvalue weighted by molar-refractivity contribution is 0.0936. The minimum absolute atomic E-state index is 0.0403. The van der Waals surface area contributed by atoms with Gasteiger partial charge in [-0.15, -0.1) is 10.2 Å². The van der Waals surface area contributed by atoms with Crippen LogP contribution in [0.4, 0.5) is 0 Å². The number of amides is 1. The first-order chi connectivity index (χ1) is 12.2. The lowest BCUT2D eigenvalue weighted by Crippen LogP contribution is -2.33. The quantitative estimate of drug-likeness (QED) is 0.768. The minimum atomic E-state index is -0.0403. The van der Waals surface area contributed by atoms with Crippen molar-refractivity contribution in [3.63, 3.8) is 0 Å². The van der Waals surface area contributed by atoms with Crippen molar-refractivity contribution in [3.8, 4) is 22.9 Å². The maximum absolute atomic E-state index is 12.3. The Kier molecular flexibility index (Phi) is 4.06. The third-order valence-electron chi connectivity index (χ3n) is 4.53. The van der Waals surface area contributed by atoms with Crippen LogP contribution < -0.4 is 5.32 Å². The van der Waals surface area contributed by atoms with Gasteiger partial charge in [-0.25, -0.2) is 0 Å². The molecule has 3 aromatic rings. The normalized spacial score (nSPS) is 14.9. The van der Waals surface area contributed by atoms with Crippen molar-refractivity contribution in [1.82, 2.24) is 15.5 Å². The summed E-state index contributed by atoms with van der Waals surface area (Å²) in [6.45, 7) is 2.06. The van der Waals surface area contributed by atoms with Gasteiger partial charge in [0.05, 0.1) is 0 Å². The van der Waals surface area contributed by atoms with E-state index in [1.54, 1.807) is 12.1 Å². The van der Waals surface area contributed by atoms with E-state index in [-0.39, 0.29) is 11.9 Å². The molecule has 0 saturated heterocycles. The van der Waals surface area contributed by atoms with Crippen molar-refractivity contribution in [2.24, 2.45) is 5.92 Å². The first-order valence-electron chi connectivity index (χ1n) is 8.51. The molecule has 1 amide bonds. The van der Waals surface area contributed by atoms with Crippen molar-refractivity contribution < 1.29 is 9.21 Å². The van der Waals surface area contributed by atoms with Crippen LogP contribution >= 0.6 is 0 Å². The topological polar surface area (TPSA) is 68.0 Å². The number of hydrogen-bond acceptors (Lipinski definition) is 4. The van der Waals surface area contributed by atoms with Crippen LogP contribution in [-0.4, -0.2) is 22.1 Å². The molecule has 5 nitrogen and oxygen atoms in total. The zero-order chi connectivity index (χ0) is 17.2. The van der Waals surface area contributed by atoms with Crippen LogP contribution in [0.1, 0.15) is 30.1 Å². The average Bonchev–Trinajstić information content (AvgIpc) is 3.39. The van der Waals surface area contributed by atoms with Crippen molar-refractivity contribution in [2.75, 3.05) is 0 Å². The monoisotopic (exact) mass is 333 g/mol. The van der Waals surface area contributed by atoms with Gasteiger partial charge in [0.2, 0.25) is 11.8 Å². The lowest BCUT2D eigenvalue weighted by atomic mass is 10.1. The maximum atomic E-state index is 12.3. The summed E-state index contributed by atoms with van der Waals surface area (Å²) in [5, 5.41) is 11.2. The van der Waals surface area contributed by atoms with Crippen LogP contribution in [0.3, 0.4) is 0 Å². The van der Waals surface area contributed by atoms with Gasteiger partial charge >= 0.3 is 0 Å². The molecule has 1 aromatic heterocycles. The standard InChI is InChI=1S/C20H19N3O2/c1-13(14-7-8-14)21-18(24)15-9-11-17(12-10-15)20-23-22-19(25-20)16-5-3-2-4-6-16/h2-6,9-14H,7-8H2,1H3,(H,21,24)/t13-/m1/s1. The molecule has 0 bridgehead atoms. The zero-order valence-electron chi connectivity index (χ0n) is 14.0. The number of nitrogens with one attached hydrogen (secondary N) is 1. The van der Waals surface area contributed by atoms with Crippen LogP contribution in [0.5, 0.6) is 0 Å². The highest BCUT2D eigenvalue weighted by Gasteiger charge is 2.29. The second kappa shape index (κ2) is 6.51. The van der Waals surface area contributed by atoms with Gasteiger partial charge in [-0.3, -0.25) is 4.79 Å². The molecule has 0 radical (unpaired) electrons. The fourth-order valence-electron chi connectivity index (χ4n) is 2.81. The molecule has 25 heavy (non-hydrogen) atoms. The minimum Gasteiger partial charge on any atom is -0.416 e. The highest BCUT2D eigenvalue weighted by atomic mass is 16.4. The van der Waals surface area contributed by atoms with E-state index < -0.39 is 0 Å². The van der Waals surface area contributed by atoms with E-state index in [0.717, 1.165) is 11.1 Å². The Bertz CT molecular complexity index is 867. The Balaban J connectivity index is 1.48. The van der Waals surface area contributed by atoms with E-state index >= 15 is 0 Å². The van der Waals surface area contributed by atoms with Crippen LogP contribution in [0.15, 0.2) is 59.0 Å². The zero-order valence-corrected chi connectivity index (χ0v) is 14.0. The molecule has 2 aromatic carbocycles. The van der Waals surface area contributed by atoms with E-state index in [4.69, 9.17) is 4.42 Å². The molecule has 1 saturated carbocycles. The number of nitrogens with zero attached hydrogens (tertiary/aromatic N) is 2. The largest absolute Gasteiger partial charge is 0.416 e. The van der Waals surface area contributed by atoms with Crippen molar-refractivity contribution >= 4 is 5.91 Å². The summed E-state index contributed by atoms with van der Waals surface area (Å²) >= 11 is 0. The highest BCUT2D eigenvalue weighted by Crippen LogP contribution is 2.32. The summed E-state index contributed by atoms with van der Waals surface area (Å²) < 4.78 is 5.74. The van der Waals surface area contributed by atoms with Gasteiger partial charge in [0.1, 0.15) is 0 Å². The smallest absolute Gasteiger partial charge is 0.251 e. The first-order valence-corrected chi connectivity index (χ1v) is 8.51. The van der Waals surface area contributed by atoms with Gasteiger partial charge in [0, 0.05) is 22.7 Å². The summed E-state index contributed by atoms with van der Waals surface area (Å²) in [5.74, 6) is 1.52. The molecule has 0 spiro atoms. The summed E-state index contributed by atoms with van der Waals surface area (Å²) in [7, 11) is 0. The molecule has 0 unspecified atom stereocenters. The van der Waals surface area contributed by atoms with Crippen LogP contribution in [0.25, 0.3) is 22.9 Å². The fourth-order valence-corrected chi connectivity index (χ4v) is 2.81. The number of rotatable bonds is 5. The van der Waals surface area contributed by atoms with E-state index in [2.05, 4.69) is 22.4 Å². The molecular formula is C20H19N3O2. The summed E-state index contributed by atoms with van der Waals surface area (Å²) in [5.41, 5.74) is 2.31. The fraction of sp³-hybridized carbons (Fsp3) is 0.250. The van der Waals surface area contributed by atoms with Gasteiger partial charge in [-0.05, 0) is 62.1 Å². The van der Waals surface area contributed by atoms with Gasteiger partial charge in [-0.2, -0.15) is 0 Å². The van der Waals surface area contributed by atoms with Crippen LogP contribution in [0, 0.1) is 5.92 Å². The SMILES string of the molecule is C[C@@H](NC(=O)c1ccc(-c2nnc(-c3ccccc3)o2)cc1)C1CC1. The van der Waals surface area contributed by atoms with Gasteiger partial charge in [0.15, 0.2) is 0 Å². The Morgan fingerprint density at radius 2 is 1.60 bits per heavy atom. The van der Waals surface area contributed by atoms with Crippen LogP contribution in [0.2, 0.25) is 0 Å². The first kappa shape index (κ1) is 15.6. The molecule has 1 heterocycles. The Hall–Kier alpha value is -2.95. The Labute approximate surface area is 146 Å². The molecule has 1 aliphatic rings. The van der Waals surface area contributed by atoms with E-state index in [1.165, 1.54) is 12.8 Å². The molecule has 4 rings (SSSR count). The predicted octanol–water partition coefficient (Wildman–Crippen LogP) is 3.93. The second-order valence-electron chi connectivity index (χ2n) is 6.46. The molecule has 5 heteroatoms. The molecule has 126 valence electrons. The number of hydrogen-bond donors (Lipinski definition) is 1. The van der Waals surface area contributed by atoms with Crippen molar-refractivity contribution in [1.29, 1.82) is 0 Å². The maximum Gasteiger partial charge on any atom is 0.251 e. The van der Waals surface area contributed by atoms with Gasteiger partial charge in [0.25, 0.3) is 5.91 Å². The highest BCUT2D eigenvalue weighted by molar-refractivity contribution is 5.94. The van der Waals surface area contributed by atoms with Crippen LogP contribution in [-0.2, 0) is 0 Å². The third-order valence-corrected chi connectivity index (χ3v) is 4.53. The average molecular weight is 333 g/mol. The summed E-state index contributed by atoms with van der Waals surface area (Å²) in [6.07, 6.45) is 2.42. The van der Waals surface area contributed by atoms with Gasteiger partial charge < -0.3 is 9.73 Å². The second-order valence-corrected chi connectivity index (χ2v) is 6.46. The lowest BCUT2D eigenvalue weighted by Gasteiger charge is -2.12. The number of carbonyl (C=O) groups excluding carboxylic acids is 1. The summed E-state index contributed by atoms with van der Waals surface area (Å²) in [6, 6.07) is 17.1. The van der Waals surface area contributed by atoms with E-state index in [0.29, 0.717) is 23.3 Å². The molecule has 1 aliphatic carbocycles. The number of aromatic nitrogens is 2. The van der Waals surface area contributed by atoms with E-state index in [1.807, 2.05) is 42.5 Å². The molecule has 0 aliphatic heterocycles. The van der Waals surface area contributed by atoms with Crippen molar-refractivity contribution in [3.05, 3.63) is 60.2 Å². The summed E-state index contributed by atoms with van der Waals surface area (Å²) in [4.78, 5) is 12.3. The Morgan fingerprint density at radius 3 is 2.20 bits per heavy atom. The number of benzene rings is 2. The third kappa shape index (κ3) is 3.45. The molecule has 1 fully saturated rings. The Morgan fingerprint density at radius 1 is 1.00 bits per heavy atom. The molecule has 1 N–H and O–H groups in total. The van der Waals surface area contributed by atoms with Gasteiger partial charge in [-0.1, -0.05) is 18.2 Å². The predicted molar refractivity (Wildman–Crippen MR) is 94.8 cm³/mol. The van der Waals surface area contributed by atoms with E-state index in [9.17, 15) is 4.79 Å². The molecule has 1 atom stereocenters.